The van der Waals surface area contributed by atoms with Gasteiger partial charge in [-0.1, -0.05) is 23.7 Å². The number of halogens is 1. The number of benzene rings is 1. The SMILES string of the molecule is Nc1cc2cccc(O)c2nc1Cl. The maximum Gasteiger partial charge on any atom is 0.152 e. The van der Waals surface area contributed by atoms with E-state index in [0.29, 0.717) is 11.2 Å². The zero-order valence-corrected chi connectivity index (χ0v) is 7.42. The number of rotatable bonds is 0. The molecule has 0 saturated carbocycles. The Hall–Kier alpha value is -1.48. The Balaban J connectivity index is 2.89. The smallest absolute Gasteiger partial charge is 0.152 e. The molecule has 1 aromatic carbocycles. The lowest BCUT2D eigenvalue weighted by Gasteiger charge is -2.02. The topological polar surface area (TPSA) is 59.1 Å². The van der Waals surface area contributed by atoms with Crippen LogP contribution < -0.4 is 5.73 Å². The highest BCUT2D eigenvalue weighted by atomic mass is 35.5. The fourth-order valence-electron chi connectivity index (χ4n) is 1.18. The van der Waals surface area contributed by atoms with Gasteiger partial charge in [0.15, 0.2) is 5.15 Å². The van der Waals surface area contributed by atoms with Gasteiger partial charge >= 0.3 is 0 Å². The molecular formula is C9H7ClN2O. The van der Waals surface area contributed by atoms with Crippen molar-refractivity contribution >= 4 is 28.2 Å². The van der Waals surface area contributed by atoms with Crippen molar-refractivity contribution in [1.82, 2.24) is 4.98 Å². The van der Waals surface area contributed by atoms with Gasteiger partial charge in [0.25, 0.3) is 0 Å². The largest absolute Gasteiger partial charge is 0.506 e. The molecule has 0 atom stereocenters. The van der Waals surface area contributed by atoms with Crippen LogP contribution in [0.5, 0.6) is 5.75 Å². The minimum atomic E-state index is 0.111. The molecule has 4 heteroatoms. The van der Waals surface area contributed by atoms with E-state index in [4.69, 9.17) is 17.3 Å². The molecule has 0 spiro atoms. The summed E-state index contributed by atoms with van der Waals surface area (Å²) >= 11 is 5.71. The predicted molar refractivity (Wildman–Crippen MR) is 52.8 cm³/mol. The lowest BCUT2D eigenvalue weighted by Crippen LogP contribution is -1.89. The normalized spacial score (nSPS) is 10.5. The summed E-state index contributed by atoms with van der Waals surface area (Å²) in [5.74, 6) is 0.111. The van der Waals surface area contributed by atoms with E-state index in [1.165, 1.54) is 0 Å². The summed E-state index contributed by atoms with van der Waals surface area (Å²) in [4.78, 5) is 3.97. The number of phenolic OH excluding ortho intramolecular Hbond substituents is 1. The monoisotopic (exact) mass is 194 g/mol. The summed E-state index contributed by atoms with van der Waals surface area (Å²) < 4.78 is 0. The molecule has 0 amide bonds. The molecule has 13 heavy (non-hydrogen) atoms. The maximum absolute atomic E-state index is 9.42. The number of fused-ring (bicyclic) bond motifs is 1. The van der Waals surface area contributed by atoms with E-state index in [1.807, 2.05) is 6.07 Å². The van der Waals surface area contributed by atoms with Crippen LogP contribution in [-0.4, -0.2) is 10.1 Å². The second-order valence-corrected chi connectivity index (χ2v) is 3.08. The minimum Gasteiger partial charge on any atom is -0.506 e. The van der Waals surface area contributed by atoms with Gasteiger partial charge in [0.1, 0.15) is 11.3 Å². The Morgan fingerprint density at radius 1 is 1.38 bits per heavy atom. The molecular weight excluding hydrogens is 188 g/mol. The van der Waals surface area contributed by atoms with Crippen molar-refractivity contribution < 1.29 is 5.11 Å². The van der Waals surface area contributed by atoms with E-state index < -0.39 is 0 Å². The average molecular weight is 195 g/mol. The predicted octanol–water partition coefficient (Wildman–Crippen LogP) is 2.18. The van der Waals surface area contributed by atoms with Crippen LogP contribution >= 0.6 is 11.6 Å². The first-order valence-electron chi connectivity index (χ1n) is 3.72. The van der Waals surface area contributed by atoms with Crippen LogP contribution in [0.15, 0.2) is 24.3 Å². The summed E-state index contributed by atoms with van der Waals surface area (Å²) in [6.07, 6.45) is 0. The number of pyridine rings is 1. The number of aromatic nitrogens is 1. The first-order valence-corrected chi connectivity index (χ1v) is 4.10. The van der Waals surface area contributed by atoms with Gasteiger partial charge in [0, 0.05) is 5.39 Å². The van der Waals surface area contributed by atoms with E-state index >= 15 is 0 Å². The number of hydrogen-bond donors (Lipinski definition) is 2. The van der Waals surface area contributed by atoms with Crippen molar-refractivity contribution in [3.63, 3.8) is 0 Å². The van der Waals surface area contributed by atoms with E-state index in [2.05, 4.69) is 4.98 Å². The van der Waals surface area contributed by atoms with Crippen LogP contribution in [0.3, 0.4) is 0 Å². The summed E-state index contributed by atoms with van der Waals surface area (Å²) in [5.41, 5.74) is 6.45. The number of anilines is 1. The summed E-state index contributed by atoms with van der Waals surface area (Å²) in [5, 5.41) is 10.4. The number of phenols is 1. The number of hydrogen-bond acceptors (Lipinski definition) is 3. The zero-order chi connectivity index (χ0) is 9.42. The van der Waals surface area contributed by atoms with E-state index in [9.17, 15) is 5.11 Å². The molecule has 0 fully saturated rings. The first kappa shape index (κ1) is 8.13. The Morgan fingerprint density at radius 2 is 2.15 bits per heavy atom. The zero-order valence-electron chi connectivity index (χ0n) is 6.66. The van der Waals surface area contributed by atoms with Gasteiger partial charge in [-0.15, -0.1) is 0 Å². The van der Waals surface area contributed by atoms with Crippen LogP contribution in [0, 0.1) is 0 Å². The third kappa shape index (κ3) is 1.27. The van der Waals surface area contributed by atoms with Crippen molar-refractivity contribution in [2.24, 2.45) is 0 Å². The van der Waals surface area contributed by atoms with Crippen molar-refractivity contribution in [3.05, 3.63) is 29.4 Å². The molecule has 0 saturated heterocycles. The highest BCUT2D eigenvalue weighted by Crippen LogP contribution is 2.27. The third-order valence-electron chi connectivity index (χ3n) is 1.81. The molecule has 2 aromatic rings. The number of nitrogen functional groups attached to an aromatic ring is 1. The van der Waals surface area contributed by atoms with Gasteiger partial charge in [-0.25, -0.2) is 4.98 Å². The molecule has 0 aliphatic carbocycles. The molecule has 0 aliphatic heterocycles. The maximum atomic E-state index is 9.42. The molecule has 3 nitrogen and oxygen atoms in total. The van der Waals surface area contributed by atoms with Gasteiger partial charge < -0.3 is 10.8 Å². The van der Waals surface area contributed by atoms with Crippen molar-refractivity contribution in [2.75, 3.05) is 5.73 Å². The highest BCUT2D eigenvalue weighted by molar-refractivity contribution is 6.32. The van der Waals surface area contributed by atoms with Gasteiger partial charge in [-0.05, 0) is 12.1 Å². The molecule has 1 aromatic heterocycles. The molecule has 3 N–H and O–H groups in total. The second kappa shape index (κ2) is 2.78. The van der Waals surface area contributed by atoms with Gasteiger partial charge in [-0.2, -0.15) is 0 Å². The number of aromatic hydroxyl groups is 1. The summed E-state index contributed by atoms with van der Waals surface area (Å²) in [7, 11) is 0. The minimum absolute atomic E-state index is 0.111. The number of para-hydroxylation sites is 1. The molecule has 66 valence electrons. The lowest BCUT2D eigenvalue weighted by atomic mass is 10.2. The second-order valence-electron chi connectivity index (χ2n) is 2.72. The lowest BCUT2D eigenvalue weighted by molar-refractivity contribution is 0.480. The molecule has 0 bridgehead atoms. The quantitative estimate of drug-likeness (QED) is 0.632. The summed E-state index contributed by atoms with van der Waals surface area (Å²) in [6, 6.07) is 6.79. The Labute approximate surface area is 79.8 Å². The fraction of sp³-hybridized carbons (Fsp3) is 0. The van der Waals surface area contributed by atoms with E-state index in [-0.39, 0.29) is 10.9 Å². The van der Waals surface area contributed by atoms with Crippen molar-refractivity contribution in [3.8, 4) is 5.75 Å². The summed E-state index contributed by atoms with van der Waals surface area (Å²) in [6.45, 7) is 0. The van der Waals surface area contributed by atoms with Crippen LogP contribution in [-0.2, 0) is 0 Å². The number of nitrogens with two attached hydrogens (primary N) is 1. The van der Waals surface area contributed by atoms with Crippen molar-refractivity contribution in [1.29, 1.82) is 0 Å². The standard InChI is InChI=1S/C9H7ClN2O/c10-9-6(11)4-5-2-1-3-7(13)8(5)12-9/h1-4,13H,11H2. The Bertz CT molecular complexity index is 470. The van der Waals surface area contributed by atoms with Gasteiger partial charge in [-0.3, -0.25) is 0 Å². The third-order valence-corrected chi connectivity index (χ3v) is 2.11. The Morgan fingerprint density at radius 3 is 2.92 bits per heavy atom. The van der Waals surface area contributed by atoms with Crippen LogP contribution in [0.4, 0.5) is 5.69 Å². The number of nitrogens with zero attached hydrogens (tertiary/aromatic N) is 1. The molecule has 1 heterocycles. The molecule has 0 radical (unpaired) electrons. The Kier molecular flexibility index (Phi) is 1.74. The van der Waals surface area contributed by atoms with Gasteiger partial charge in [0.05, 0.1) is 5.69 Å². The van der Waals surface area contributed by atoms with Crippen LogP contribution in [0.25, 0.3) is 10.9 Å². The van der Waals surface area contributed by atoms with Crippen molar-refractivity contribution in [2.45, 2.75) is 0 Å². The van der Waals surface area contributed by atoms with Crippen LogP contribution in [0.2, 0.25) is 5.15 Å². The molecule has 2 rings (SSSR count). The average Bonchev–Trinajstić information content (AvgIpc) is 2.09. The first-order chi connectivity index (χ1) is 6.18. The van der Waals surface area contributed by atoms with E-state index in [0.717, 1.165) is 5.39 Å². The highest BCUT2D eigenvalue weighted by Gasteiger charge is 2.04. The van der Waals surface area contributed by atoms with Crippen LogP contribution in [0.1, 0.15) is 0 Å². The molecule has 0 aliphatic rings. The molecule has 0 unspecified atom stereocenters. The fourth-order valence-corrected chi connectivity index (χ4v) is 1.32. The van der Waals surface area contributed by atoms with E-state index in [1.54, 1.807) is 18.2 Å². The van der Waals surface area contributed by atoms with Gasteiger partial charge in [0.2, 0.25) is 0 Å².